The van der Waals surface area contributed by atoms with Crippen LogP contribution in [0.4, 0.5) is 4.39 Å². The van der Waals surface area contributed by atoms with E-state index in [2.05, 4.69) is 10.3 Å². The molecule has 1 saturated heterocycles. The van der Waals surface area contributed by atoms with E-state index in [1.54, 1.807) is 37.9 Å². The van der Waals surface area contributed by atoms with Crippen molar-refractivity contribution in [3.8, 4) is 0 Å². The van der Waals surface area contributed by atoms with Crippen molar-refractivity contribution in [2.45, 2.75) is 32.4 Å². The van der Waals surface area contributed by atoms with Gasteiger partial charge in [-0.25, -0.2) is 9.37 Å². The SMILES string of the molecule is Cc1nc(C)c(C(=O)N[C@H]2CC(=O)N(C)[C@H]2c2ccc(F)cc2)o1. The number of nitrogens with zero attached hydrogens (tertiary/aromatic N) is 2. The van der Waals surface area contributed by atoms with Crippen LogP contribution in [-0.2, 0) is 4.79 Å². The fraction of sp³-hybridized carbons (Fsp3) is 0.353. The maximum absolute atomic E-state index is 13.2. The number of hydrogen-bond acceptors (Lipinski definition) is 4. The van der Waals surface area contributed by atoms with Crippen LogP contribution in [0.3, 0.4) is 0 Å². The Hall–Kier alpha value is -2.70. The van der Waals surface area contributed by atoms with Crippen LogP contribution in [0.15, 0.2) is 28.7 Å². The number of carbonyl (C=O) groups is 2. The molecule has 0 radical (unpaired) electrons. The molecule has 1 aliphatic heterocycles. The molecule has 3 rings (SSSR count). The van der Waals surface area contributed by atoms with E-state index < -0.39 is 11.9 Å². The quantitative estimate of drug-likeness (QED) is 0.935. The molecule has 2 amide bonds. The number of rotatable bonds is 3. The molecular weight excluding hydrogens is 313 g/mol. The van der Waals surface area contributed by atoms with Crippen molar-refractivity contribution in [3.05, 3.63) is 53.0 Å². The molecule has 2 aromatic rings. The highest BCUT2D eigenvalue weighted by Crippen LogP contribution is 2.32. The number of likely N-dealkylation sites (N-methyl/N-ethyl adjacent to an activating group) is 1. The Balaban J connectivity index is 1.85. The van der Waals surface area contributed by atoms with Crippen molar-refractivity contribution in [1.82, 2.24) is 15.2 Å². The van der Waals surface area contributed by atoms with Crippen molar-refractivity contribution in [2.75, 3.05) is 7.05 Å². The summed E-state index contributed by atoms with van der Waals surface area (Å²) < 4.78 is 18.5. The fourth-order valence-electron chi connectivity index (χ4n) is 3.09. The van der Waals surface area contributed by atoms with Crippen LogP contribution in [0.5, 0.6) is 0 Å². The molecule has 1 aliphatic rings. The lowest BCUT2D eigenvalue weighted by Gasteiger charge is -2.25. The summed E-state index contributed by atoms with van der Waals surface area (Å²) in [7, 11) is 1.67. The van der Waals surface area contributed by atoms with Crippen LogP contribution in [-0.4, -0.2) is 34.8 Å². The molecule has 24 heavy (non-hydrogen) atoms. The van der Waals surface area contributed by atoms with Crippen molar-refractivity contribution in [1.29, 1.82) is 0 Å². The van der Waals surface area contributed by atoms with Gasteiger partial charge in [0.25, 0.3) is 5.91 Å². The Morgan fingerprint density at radius 2 is 2.00 bits per heavy atom. The predicted octanol–water partition coefficient (Wildman–Crippen LogP) is 2.13. The van der Waals surface area contributed by atoms with E-state index in [4.69, 9.17) is 4.42 Å². The summed E-state index contributed by atoms with van der Waals surface area (Å²) in [5.41, 5.74) is 1.27. The molecule has 1 N–H and O–H groups in total. The maximum Gasteiger partial charge on any atom is 0.289 e. The molecule has 1 aromatic carbocycles. The Morgan fingerprint density at radius 1 is 1.33 bits per heavy atom. The largest absolute Gasteiger partial charge is 0.436 e. The number of aromatic nitrogens is 1. The summed E-state index contributed by atoms with van der Waals surface area (Å²) in [6, 6.07) is 5.15. The first-order valence-electron chi connectivity index (χ1n) is 7.63. The van der Waals surface area contributed by atoms with Crippen LogP contribution in [0.2, 0.25) is 0 Å². The second-order valence-corrected chi connectivity index (χ2v) is 5.93. The Labute approximate surface area is 138 Å². The van der Waals surface area contributed by atoms with Crippen LogP contribution < -0.4 is 5.32 Å². The van der Waals surface area contributed by atoms with Gasteiger partial charge in [-0.15, -0.1) is 0 Å². The standard InChI is InChI=1S/C17H18FN3O3/c1-9-16(24-10(2)19-9)17(23)20-13-8-14(22)21(3)15(13)11-4-6-12(18)7-5-11/h4-7,13,15H,8H2,1-3H3,(H,20,23)/t13-,15-/m0/s1. The van der Waals surface area contributed by atoms with Crippen LogP contribution >= 0.6 is 0 Å². The first-order valence-corrected chi connectivity index (χ1v) is 7.63. The number of nitrogens with one attached hydrogen (secondary N) is 1. The molecule has 0 aliphatic carbocycles. The van der Waals surface area contributed by atoms with Gasteiger partial charge in [-0.1, -0.05) is 12.1 Å². The molecule has 126 valence electrons. The molecule has 7 heteroatoms. The minimum Gasteiger partial charge on any atom is -0.436 e. The van der Waals surface area contributed by atoms with E-state index in [0.717, 1.165) is 5.56 Å². The van der Waals surface area contributed by atoms with E-state index in [9.17, 15) is 14.0 Å². The minimum atomic E-state index is -0.426. The van der Waals surface area contributed by atoms with E-state index in [1.165, 1.54) is 12.1 Å². The molecule has 0 unspecified atom stereocenters. The van der Waals surface area contributed by atoms with Gasteiger partial charge < -0.3 is 14.6 Å². The highest BCUT2D eigenvalue weighted by atomic mass is 19.1. The van der Waals surface area contributed by atoms with Gasteiger partial charge in [0.1, 0.15) is 5.82 Å². The number of hydrogen-bond donors (Lipinski definition) is 1. The summed E-state index contributed by atoms with van der Waals surface area (Å²) in [5.74, 6) is -0.285. The van der Waals surface area contributed by atoms with E-state index in [-0.39, 0.29) is 29.9 Å². The van der Waals surface area contributed by atoms with Gasteiger partial charge in [0, 0.05) is 20.4 Å². The van der Waals surface area contributed by atoms with Crippen molar-refractivity contribution >= 4 is 11.8 Å². The van der Waals surface area contributed by atoms with Gasteiger partial charge in [0.15, 0.2) is 5.89 Å². The van der Waals surface area contributed by atoms with E-state index in [1.807, 2.05) is 0 Å². The van der Waals surface area contributed by atoms with Gasteiger partial charge in [-0.2, -0.15) is 0 Å². The van der Waals surface area contributed by atoms with Crippen LogP contribution in [0.25, 0.3) is 0 Å². The molecule has 0 saturated carbocycles. The zero-order valence-corrected chi connectivity index (χ0v) is 13.7. The average Bonchev–Trinajstić information content (AvgIpc) is 3.00. The molecule has 2 heterocycles. The molecule has 1 fully saturated rings. The van der Waals surface area contributed by atoms with Gasteiger partial charge in [0.2, 0.25) is 11.7 Å². The molecule has 1 aromatic heterocycles. The summed E-state index contributed by atoms with van der Waals surface area (Å²) in [6.45, 7) is 3.35. The smallest absolute Gasteiger partial charge is 0.289 e. The van der Waals surface area contributed by atoms with Crippen molar-refractivity contribution < 1.29 is 18.4 Å². The molecular formula is C17H18FN3O3. The van der Waals surface area contributed by atoms with Crippen molar-refractivity contribution in [3.63, 3.8) is 0 Å². The average molecular weight is 331 g/mol. The summed E-state index contributed by atoms with van der Waals surface area (Å²) >= 11 is 0. The Kier molecular flexibility index (Phi) is 4.09. The lowest BCUT2D eigenvalue weighted by Crippen LogP contribution is -2.39. The zero-order valence-electron chi connectivity index (χ0n) is 13.7. The van der Waals surface area contributed by atoms with Gasteiger partial charge >= 0.3 is 0 Å². The first kappa shape index (κ1) is 16.2. The highest BCUT2D eigenvalue weighted by Gasteiger charge is 2.40. The number of benzene rings is 1. The van der Waals surface area contributed by atoms with E-state index >= 15 is 0 Å². The fourth-order valence-corrected chi connectivity index (χ4v) is 3.09. The molecule has 2 atom stereocenters. The zero-order chi connectivity index (χ0) is 17.4. The number of aryl methyl sites for hydroxylation is 2. The lowest BCUT2D eigenvalue weighted by molar-refractivity contribution is -0.127. The second kappa shape index (κ2) is 6.07. The first-order chi connectivity index (χ1) is 11.4. The van der Waals surface area contributed by atoms with Gasteiger partial charge in [-0.05, 0) is 24.6 Å². The number of likely N-dealkylation sites (tertiary alicyclic amines) is 1. The Morgan fingerprint density at radius 3 is 2.58 bits per heavy atom. The molecule has 6 nitrogen and oxygen atoms in total. The third-order valence-electron chi connectivity index (χ3n) is 4.22. The van der Waals surface area contributed by atoms with E-state index in [0.29, 0.717) is 11.6 Å². The number of amides is 2. The second-order valence-electron chi connectivity index (χ2n) is 5.93. The maximum atomic E-state index is 13.2. The van der Waals surface area contributed by atoms with Gasteiger partial charge in [0.05, 0.1) is 17.8 Å². The third kappa shape index (κ3) is 2.89. The summed E-state index contributed by atoms with van der Waals surface area (Å²) in [5, 5.41) is 2.84. The van der Waals surface area contributed by atoms with Crippen molar-refractivity contribution in [2.24, 2.45) is 0 Å². The Bertz CT molecular complexity index is 785. The summed E-state index contributed by atoms with van der Waals surface area (Å²) in [4.78, 5) is 30.2. The minimum absolute atomic E-state index is 0.0832. The molecule has 0 bridgehead atoms. The monoisotopic (exact) mass is 331 g/mol. The molecule has 0 spiro atoms. The number of carbonyl (C=O) groups excluding carboxylic acids is 2. The third-order valence-corrected chi connectivity index (χ3v) is 4.22. The predicted molar refractivity (Wildman–Crippen MR) is 83.8 cm³/mol. The van der Waals surface area contributed by atoms with Gasteiger partial charge in [-0.3, -0.25) is 9.59 Å². The lowest BCUT2D eigenvalue weighted by atomic mass is 10.00. The number of halogens is 1. The topological polar surface area (TPSA) is 75.4 Å². The van der Waals surface area contributed by atoms with Crippen LogP contribution in [0, 0.1) is 19.7 Å². The summed E-state index contributed by atoms with van der Waals surface area (Å²) in [6.07, 6.45) is 0.177. The number of oxazole rings is 1. The normalized spacial score (nSPS) is 20.5. The van der Waals surface area contributed by atoms with Crippen LogP contribution in [0.1, 0.15) is 40.2 Å². The highest BCUT2D eigenvalue weighted by molar-refractivity contribution is 5.93.